The molecule has 2 N–H and O–H groups in total. The van der Waals surface area contributed by atoms with Crippen LogP contribution in [0.15, 0.2) is 0 Å². The summed E-state index contributed by atoms with van der Waals surface area (Å²) in [7, 11) is 0. The molecule has 1 aliphatic heterocycles. The highest BCUT2D eigenvalue weighted by Gasteiger charge is 2.34. The van der Waals surface area contributed by atoms with E-state index in [1.807, 2.05) is 0 Å². The summed E-state index contributed by atoms with van der Waals surface area (Å²) in [5, 5.41) is 11.8. The lowest BCUT2D eigenvalue weighted by atomic mass is 10.1. The second-order valence-electron chi connectivity index (χ2n) is 4.82. The van der Waals surface area contributed by atoms with E-state index < -0.39 is 12.0 Å². The molecule has 6 heteroatoms. The van der Waals surface area contributed by atoms with Gasteiger partial charge in [-0.2, -0.15) is 0 Å². The molecule has 1 rings (SSSR count). The van der Waals surface area contributed by atoms with E-state index in [0.29, 0.717) is 18.2 Å². The van der Waals surface area contributed by atoms with Crippen LogP contribution in [0.5, 0.6) is 0 Å². The van der Waals surface area contributed by atoms with Gasteiger partial charge in [-0.3, -0.25) is 0 Å². The molecule has 110 valence electrons. The lowest BCUT2D eigenvalue weighted by molar-refractivity contribution is -0.140. The maximum atomic E-state index is 11.8. The molecule has 0 aromatic heterocycles. The Hall–Kier alpha value is -0.910. The van der Waals surface area contributed by atoms with E-state index in [9.17, 15) is 9.59 Å². The van der Waals surface area contributed by atoms with E-state index in [1.165, 1.54) is 42.3 Å². The lowest BCUT2D eigenvalue weighted by Gasteiger charge is -2.20. The van der Waals surface area contributed by atoms with Crippen LogP contribution in [0.3, 0.4) is 0 Å². The van der Waals surface area contributed by atoms with Crippen molar-refractivity contribution in [3.8, 4) is 0 Å². The first-order valence-electron chi connectivity index (χ1n) is 7.01. The Balaban J connectivity index is 2.12. The Bertz CT molecular complexity index is 300. The highest BCUT2D eigenvalue weighted by Crippen LogP contribution is 2.20. The van der Waals surface area contributed by atoms with Crippen molar-refractivity contribution in [1.29, 1.82) is 0 Å². The van der Waals surface area contributed by atoms with E-state index in [-0.39, 0.29) is 6.03 Å². The largest absolute Gasteiger partial charge is 0.480 e. The molecule has 0 aliphatic carbocycles. The van der Waals surface area contributed by atoms with Gasteiger partial charge >= 0.3 is 12.0 Å². The average Bonchev–Trinajstić information content (AvgIpc) is 2.87. The number of carboxylic acid groups (broad SMARTS) is 1. The molecule has 1 saturated heterocycles. The number of carboxylic acids is 1. The maximum Gasteiger partial charge on any atom is 0.327 e. The first-order valence-corrected chi connectivity index (χ1v) is 8.17. The van der Waals surface area contributed by atoms with Gasteiger partial charge in [0.25, 0.3) is 0 Å². The van der Waals surface area contributed by atoms with Crippen molar-refractivity contribution in [3.63, 3.8) is 0 Å². The van der Waals surface area contributed by atoms with Crippen LogP contribution in [-0.4, -0.2) is 46.2 Å². The third-order valence-corrected chi connectivity index (χ3v) is 4.25. The first-order chi connectivity index (χ1) is 9.16. The fourth-order valence-electron chi connectivity index (χ4n) is 2.05. The van der Waals surface area contributed by atoms with E-state index in [4.69, 9.17) is 5.11 Å². The van der Waals surface area contributed by atoms with Crippen molar-refractivity contribution in [3.05, 3.63) is 0 Å². The Labute approximate surface area is 119 Å². The Morgan fingerprint density at radius 2 is 1.95 bits per heavy atom. The summed E-state index contributed by atoms with van der Waals surface area (Å²) in [4.78, 5) is 24.2. The summed E-state index contributed by atoms with van der Waals surface area (Å²) in [5.74, 6) is 0.0405. The van der Waals surface area contributed by atoms with Crippen LogP contribution in [0.2, 0.25) is 0 Å². The number of hydrogen-bond acceptors (Lipinski definition) is 3. The number of nitrogens with zero attached hydrogens (tertiary/aromatic N) is 1. The van der Waals surface area contributed by atoms with Crippen LogP contribution in [0, 0.1) is 0 Å². The van der Waals surface area contributed by atoms with E-state index in [0.717, 1.165) is 12.8 Å². The molecular weight excluding hydrogens is 264 g/mol. The summed E-state index contributed by atoms with van der Waals surface area (Å²) in [6, 6.07) is -0.916. The molecule has 0 saturated carbocycles. The van der Waals surface area contributed by atoms with Gasteiger partial charge in [0, 0.05) is 12.3 Å². The molecule has 5 nitrogen and oxygen atoms in total. The number of thioether (sulfide) groups is 1. The Morgan fingerprint density at radius 3 is 2.63 bits per heavy atom. The van der Waals surface area contributed by atoms with Crippen molar-refractivity contribution < 1.29 is 14.7 Å². The number of urea groups is 1. The molecule has 1 atom stereocenters. The molecular formula is C13H24N2O3S. The van der Waals surface area contributed by atoms with Gasteiger partial charge in [0.05, 0.1) is 5.88 Å². The molecule has 19 heavy (non-hydrogen) atoms. The predicted molar refractivity (Wildman–Crippen MR) is 77.4 cm³/mol. The molecule has 0 spiro atoms. The molecule has 0 aromatic carbocycles. The molecule has 1 aliphatic rings. The zero-order valence-electron chi connectivity index (χ0n) is 11.6. The summed E-state index contributed by atoms with van der Waals surface area (Å²) >= 11 is 1.48. The SMILES string of the molecule is CCCCCCCCNC(=O)N1CSC[C@H]1C(=O)O. The summed E-state index contributed by atoms with van der Waals surface area (Å²) < 4.78 is 0. The van der Waals surface area contributed by atoms with Crippen LogP contribution < -0.4 is 5.32 Å². The number of carbonyl (C=O) groups is 2. The minimum atomic E-state index is -0.917. The van der Waals surface area contributed by atoms with Crippen LogP contribution in [-0.2, 0) is 4.79 Å². The molecule has 0 bridgehead atoms. The van der Waals surface area contributed by atoms with Gasteiger partial charge < -0.3 is 15.3 Å². The Morgan fingerprint density at radius 1 is 1.26 bits per heavy atom. The minimum Gasteiger partial charge on any atom is -0.480 e. The van der Waals surface area contributed by atoms with Crippen LogP contribution in [0.1, 0.15) is 45.4 Å². The maximum absolute atomic E-state index is 11.8. The van der Waals surface area contributed by atoms with E-state index in [1.54, 1.807) is 0 Å². The monoisotopic (exact) mass is 288 g/mol. The number of nitrogens with one attached hydrogen (secondary N) is 1. The molecule has 0 unspecified atom stereocenters. The van der Waals surface area contributed by atoms with Crippen molar-refractivity contribution in [2.24, 2.45) is 0 Å². The van der Waals surface area contributed by atoms with Crippen LogP contribution >= 0.6 is 11.8 Å². The molecule has 2 amide bonds. The van der Waals surface area contributed by atoms with Crippen LogP contribution in [0.4, 0.5) is 4.79 Å². The standard InChI is InChI=1S/C13H24N2O3S/c1-2-3-4-5-6-7-8-14-13(18)15-10-19-9-11(15)12(16)17/h11H,2-10H2,1H3,(H,14,18)(H,16,17)/t11-/m0/s1. The van der Waals surface area contributed by atoms with Gasteiger partial charge in [-0.25, -0.2) is 9.59 Å². The molecule has 0 aromatic rings. The fraction of sp³-hybridized carbons (Fsp3) is 0.846. The highest BCUT2D eigenvalue weighted by atomic mass is 32.2. The van der Waals surface area contributed by atoms with Gasteiger partial charge in [-0.05, 0) is 6.42 Å². The zero-order chi connectivity index (χ0) is 14.1. The topological polar surface area (TPSA) is 69.6 Å². The third kappa shape index (κ3) is 5.72. The van der Waals surface area contributed by atoms with Gasteiger partial charge in [0.2, 0.25) is 0 Å². The molecule has 1 fully saturated rings. The molecule has 0 radical (unpaired) electrons. The van der Waals surface area contributed by atoms with Crippen molar-refractivity contribution in [2.45, 2.75) is 51.5 Å². The lowest BCUT2D eigenvalue weighted by Crippen LogP contribution is -2.47. The smallest absolute Gasteiger partial charge is 0.327 e. The van der Waals surface area contributed by atoms with Gasteiger partial charge in [0.1, 0.15) is 6.04 Å². The van der Waals surface area contributed by atoms with Crippen molar-refractivity contribution >= 4 is 23.8 Å². The Kier molecular flexibility index (Phi) is 7.70. The number of unbranched alkanes of at least 4 members (excludes halogenated alkanes) is 5. The highest BCUT2D eigenvalue weighted by molar-refractivity contribution is 7.99. The third-order valence-electron chi connectivity index (χ3n) is 3.23. The second kappa shape index (κ2) is 9.07. The van der Waals surface area contributed by atoms with Crippen LogP contribution in [0.25, 0.3) is 0 Å². The summed E-state index contributed by atoms with van der Waals surface area (Å²) in [6.07, 6.45) is 7.07. The first kappa shape index (κ1) is 16.1. The fourth-order valence-corrected chi connectivity index (χ4v) is 3.19. The van der Waals surface area contributed by atoms with Gasteiger partial charge in [-0.15, -0.1) is 11.8 Å². The van der Waals surface area contributed by atoms with E-state index in [2.05, 4.69) is 12.2 Å². The summed E-state index contributed by atoms with van der Waals surface area (Å²) in [6.45, 7) is 2.83. The predicted octanol–water partition coefficient (Wildman–Crippen LogP) is 2.52. The quantitative estimate of drug-likeness (QED) is 0.673. The van der Waals surface area contributed by atoms with Gasteiger partial charge in [0.15, 0.2) is 0 Å². The van der Waals surface area contributed by atoms with Crippen molar-refractivity contribution in [1.82, 2.24) is 10.2 Å². The summed E-state index contributed by atoms with van der Waals surface area (Å²) in [5.41, 5.74) is 0. The number of amides is 2. The van der Waals surface area contributed by atoms with Gasteiger partial charge in [-0.1, -0.05) is 39.0 Å². The average molecular weight is 288 g/mol. The number of hydrogen-bond donors (Lipinski definition) is 2. The number of carbonyl (C=O) groups excluding carboxylic acids is 1. The van der Waals surface area contributed by atoms with E-state index >= 15 is 0 Å². The zero-order valence-corrected chi connectivity index (χ0v) is 12.4. The van der Waals surface area contributed by atoms with Crippen molar-refractivity contribution in [2.75, 3.05) is 18.2 Å². The number of aliphatic carboxylic acids is 1. The second-order valence-corrected chi connectivity index (χ2v) is 5.82. The number of rotatable bonds is 8. The normalized spacial score (nSPS) is 18.6. The molecule has 1 heterocycles. The minimum absolute atomic E-state index is 0.244.